The van der Waals surface area contributed by atoms with E-state index < -0.39 is 0 Å². The summed E-state index contributed by atoms with van der Waals surface area (Å²) in [5, 5.41) is 3.34. The molecule has 2 atom stereocenters. The Labute approximate surface area is 104 Å². The van der Waals surface area contributed by atoms with Gasteiger partial charge < -0.3 is 15.0 Å². The highest BCUT2D eigenvalue weighted by Gasteiger charge is 2.29. The minimum atomic E-state index is 0.183. The molecule has 2 heterocycles. The third kappa shape index (κ3) is 3.42. The maximum absolute atomic E-state index is 12.3. The fourth-order valence-corrected chi connectivity index (χ4v) is 2.70. The van der Waals surface area contributed by atoms with E-state index in [0.717, 1.165) is 38.9 Å². The summed E-state index contributed by atoms with van der Waals surface area (Å²) in [6.07, 6.45) is 3.18. The highest BCUT2D eigenvalue weighted by Crippen LogP contribution is 2.20. The predicted octanol–water partition coefficient (Wildman–Crippen LogP) is 1.01. The first-order valence-electron chi connectivity index (χ1n) is 6.78. The number of ether oxygens (including phenoxy) is 1. The van der Waals surface area contributed by atoms with Gasteiger partial charge in [0, 0.05) is 13.0 Å². The third-order valence-electron chi connectivity index (χ3n) is 3.85. The lowest BCUT2D eigenvalue weighted by atomic mass is 9.93. The van der Waals surface area contributed by atoms with Crippen LogP contribution in [0, 0.1) is 5.92 Å². The van der Waals surface area contributed by atoms with Gasteiger partial charge in [-0.1, -0.05) is 0 Å². The SMILES string of the molecule is C[C@@H]1CN(C(=O)CC2CCNCC2)[C@H](C)CO1. The zero-order valence-electron chi connectivity index (χ0n) is 10.9. The van der Waals surface area contributed by atoms with E-state index in [1.165, 1.54) is 0 Å². The molecule has 2 aliphatic rings. The van der Waals surface area contributed by atoms with Gasteiger partial charge in [-0.05, 0) is 45.7 Å². The Balaban J connectivity index is 1.85. The molecule has 2 saturated heterocycles. The largest absolute Gasteiger partial charge is 0.375 e. The van der Waals surface area contributed by atoms with Gasteiger partial charge in [0.25, 0.3) is 0 Å². The molecule has 1 N–H and O–H groups in total. The van der Waals surface area contributed by atoms with E-state index in [4.69, 9.17) is 4.74 Å². The third-order valence-corrected chi connectivity index (χ3v) is 3.85. The minimum absolute atomic E-state index is 0.183. The Morgan fingerprint density at radius 1 is 1.35 bits per heavy atom. The zero-order valence-corrected chi connectivity index (χ0v) is 10.9. The van der Waals surface area contributed by atoms with Crippen molar-refractivity contribution in [2.45, 2.75) is 45.3 Å². The van der Waals surface area contributed by atoms with E-state index in [9.17, 15) is 4.79 Å². The number of rotatable bonds is 2. The van der Waals surface area contributed by atoms with Crippen molar-refractivity contribution in [3.05, 3.63) is 0 Å². The lowest BCUT2D eigenvalue weighted by molar-refractivity contribution is -0.144. The number of morpholine rings is 1. The quantitative estimate of drug-likeness (QED) is 0.783. The van der Waals surface area contributed by atoms with Gasteiger partial charge >= 0.3 is 0 Å². The molecular weight excluding hydrogens is 216 g/mol. The van der Waals surface area contributed by atoms with E-state index in [1.54, 1.807) is 0 Å². The molecule has 0 aromatic carbocycles. The summed E-state index contributed by atoms with van der Waals surface area (Å²) in [6, 6.07) is 0.236. The summed E-state index contributed by atoms with van der Waals surface area (Å²) < 4.78 is 5.56. The van der Waals surface area contributed by atoms with Gasteiger partial charge in [0.15, 0.2) is 0 Å². The standard InChI is InChI=1S/C13H24N2O2/c1-10-9-17-11(2)8-15(10)13(16)7-12-3-5-14-6-4-12/h10-12,14H,3-9H2,1-2H3/t10-,11-/m1/s1. The van der Waals surface area contributed by atoms with Crippen molar-refractivity contribution in [1.82, 2.24) is 10.2 Å². The second-order valence-corrected chi connectivity index (χ2v) is 5.44. The predicted molar refractivity (Wildman–Crippen MR) is 66.8 cm³/mol. The van der Waals surface area contributed by atoms with Crippen molar-refractivity contribution in [2.75, 3.05) is 26.2 Å². The molecule has 2 aliphatic heterocycles. The van der Waals surface area contributed by atoms with Gasteiger partial charge in [-0.3, -0.25) is 4.79 Å². The number of hydrogen-bond donors (Lipinski definition) is 1. The molecule has 17 heavy (non-hydrogen) atoms. The molecule has 0 spiro atoms. The molecule has 0 aromatic heterocycles. The van der Waals surface area contributed by atoms with Crippen LogP contribution < -0.4 is 5.32 Å². The summed E-state index contributed by atoms with van der Waals surface area (Å²) in [7, 11) is 0. The maximum Gasteiger partial charge on any atom is 0.223 e. The number of hydrogen-bond acceptors (Lipinski definition) is 3. The molecule has 2 fully saturated rings. The van der Waals surface area contributed by atoms with Crippen LogP contribution in [0.15, 0.2) is 0 Å². The second-order valence-electron chi connectivity index (χ2n) is 5.44. The average molecular weight is 240 g/mol. The van der Waals surface area contributed by atoms with Gasteiger partial charge in [0.2, 0.25) is 5.91 Å². The molecule has 4 heteroatoms. The fourth-order valence-electron chi connectivity index (χ4n) is 2.70. The van der Waals surface area contributed by atoms with E-state index in [1.807, 2.05) is 11.8 Å². The molecule has 1 amide bonds. The zero-order chi connectivity index (χ0) is 12.3. The summed E-state index contributed by atoms with van der Waals surface area (Å²) in [6.45, 7) is 7.67. The highest BCUT2D eigenvalue weighted by atomic mass is 16.5. The lowest BCUT2D eigenvalue weighted by Crippen LogP contribution is -2.50. The van der Waals surface area contributed by atoms with Crippen LogP contribution in [0.2, 0.25) is 0 Å². The van der Waals surface area contributed by atoms with Crippen LogP contribution in [0.25, 0.3) is 0 Å². The number of carbonyl (C=O) groups is 1. The van der Waals surface area contributed by atoms with Crippen molar-refractivity contribution in [3.8, 4) is 0 Å². The summed E-state index contributed by atoms with van der Waals surface area (Å²) in [5.74, 6) is 0.897. The van der Waals surface area contributed by atoms with Crippen molar-refractivity contribution in [2.24, 2.45) is 5.92 Å². The fraction of sp³-hybridized carbons (Fsp3) is 0.923. The second kappa shape index (κ2) is 5.83. The first kappa shape index (κ1) is 12.8. The van der Waals surface area contributed by atoms with Crippen LogP contribution in [-0.2, 0) is 9.53 Å². The van der Waals surface area contributed by atoms with Gasteiger partial charge in [0.1, 0.15) is 0 Å². The smallest absolute Gasteiger partial charge is 0.223 e. The Morgan fingerprint density at radius 2 is 2.06 bits per heavy atom. The number of nitrogens with one attached hydrogen (secondary N) is 1. The summed E-state index contributed by atoms with van der Waals surface area (Å²) >= 11 is 0. The normalized spacial score (nSPS) is 31.5. The minimum Gasteiger partial charge on any atom is -0.375 e. The number of amides is 1. The number of nitrogens with zero attached hydrogens (tertiary/aromatic N) is 1. The molecule has 0 saturated carbocycles. The van der Waals surface area contributed by atoms with E-state index in [0.29, 0.717) is 18.4 Å². The molecule has 0 unspecified atom stereocenters. The Kier molecular flexibility index (Phi) is 4.40. The average Bonchev–Trinajstić information content (AvgIpc) is 2.33. The highest BCUT2D eigenvalue weighted by molar-refractivity contribution is 5.77. The summed E-state index contributed by atoms with van der Waals surface area (Å²) in [5.41, 5.74) is 0. The topological polar surface area (TPSA) is 41.6 Å². The van der Waals surface area contributed by atoms with Gasteiger partial charge in [0.05, 0.1) is 18.8 Å². The van der Waals surface area contributed by atoms with Gasteiger partial charge in [-0.25, -0.2) is 0 Å². The van der Waals surface area contributed by atoms with E-state index >= 15 is 0 Å². The molecule has 4 nitrogen and oxygen atoms in total. The van der Waals surface area contributed by atoms with Gasteiger partial charge in [-0.2, -0.15) is 0 Å². The monoisotopic (exact) mass is 240 g/mol. The molecule has 0 radical (unpaired) electrons. The summed E-state index contributed by atoms with van der Waals surface area (Å²) in [4.78, 5) is 14.3. The van der Waals surface area contributed by atoms with Crippen LogP contribution in [0.5, 0.6) is 0 Å². The Morgan fingerprint density at radius 3 is 2.76 bits per heavy atom. The van der Waals surface area contributed by atoms with E-state index in [-0.39, 0.29) is 12.1 Å². The molecule has 0 aromatic rings. The first-order valence-corrected chi connectivity index (χ1v) is 6.78. The molecule has 98 valence electrons. The first-order chi connectivity index (χ1) is 8.16. The molecule has 2 rings (SSSR count). The van der Waals surface area contributed by atoms with Crippen LogP contribution in [-0.4, -0.2) is 49.2 Å². The maximum atomic E-state index is 12.3. The van der Waals surface area contributed by atoms with Crippen molar-refractivity contribution >= 4 is 5.91 Å². The van der Waals surface area contributed by atoms with Crippen molar-refractivity contribution in [1.29, 1.82) is 0 Å². The van der Waals surface area contributed by atoms with Crippen LogP contribution in [0.3, 0.4) is 0 Å². The van der Waals surface area contributed by atoms with Crippen LogP contribution in [0.1, 0.15) is 33.1 Å². The molecule has 0 aliphatic carbocycles. The Bertz CT molecular complexity index is 264. The van der Waals surface area contributed by atoms with E-state index in [2.05, 4.69) is 12.2 Å². The van der Waals surface area contributed by atoms with Crippen molar-refractivity contribution in [3.63, 3.8) is 0 Å². The Hall–Kier alpha value is -0.610. The molecule has 0 bridgehead atoms. The van der Waals surface area contributed by atoms with Crippen LogP contribution in [0.4, 0.5) is 0 Å². The van der Waals surface area contributed by atoms with Crippen molar-refractivity contribution < 1.29 is 9.53 Å². The number of carbonyl (C=O) groups excluding carboxylic acids is 1. The number of piperidine rings is 1. The van der Waals surface area contributed by atoms with Gasteiger partial charge in [-0.15, -0.1) is 0 Å². The molecular formula is C13H24N2O2. The lowest BCUT2D eigenvalue weighted by Gasteiger charge is -2.37. The van der Waals surface area contributed by atoms with Crippen LogP contribution >= 0.6 is 0 Å².